The molecule has 0 aliphatic carbocycles. The molecule has 1 aromatic rings. The van der Waals surface area contributed by atoms with Crippen molar-refractivity contribution in [1.29, 1.82) is 0 Å². The molecule has 4 nitrogen and oxygen atoms in total. The summed E-state index contributed by atoms with van der Waals surface area (Å²) in [5.41, 5.74) is 0.955. The molecule has 2 rings (SSSR count). The van der Waals surface area contributed by atoms with Gasteiger partial charge in [-0.2, -0.15) is 5.10 Å². The van der Waals surface area contributed by atoms with Gasteiger partial charge >= 0.3 is 0 Å². The lowest BCUT2D eigenvalue weighted by molar-refractivity contribution is 0.208. The van der Waals surface area contributed by atoms with E-state index in [-0.39, 0.29) is 0 Å². The zero-order valence-corrected chi connectivity index (χ0v) is 11.1. The fraction of sp³-hybridized carbons (Fsp3) is 0.667. The molecule has 0 amide bonds. The van der Waals surface area contributed by atoms with Gasteiger partial charge in [-0.25, -0.2) is 0 Å². The minimum absolute atomic E-state index is 0.399. The molecule has 0 spiro atoms. The summed E-state index contributed by atoms with van der Waals surface area (Å²) in [5, 5.41) is 8.66. The van der Waals surface area contributed by atoms with E-state index in [1.807, 2.05) is 6.07 Å². The van der Waals surface area contributed by atoms with Crippen molar-refractivity contribution in [3.05, 3.63) is 16.8 Å². The van der Waals surface area contributed by atoms with Crippen LogP contribution in [0, 0.1) is 5.92 Å². The van der Waals surface area contributed by atoms with Crippen molar-refractivity contribution in [2.45, 2.75) is 19.3 Å². The number of hydrogen-bond donors (Lipinski definition) is 0. The third-order valence-electron chi connectivity index (χ3n) is 3.18. The van der Waals surface area contributed by atoms with Gasteiger partial charge in [0.15, 0.2) is 0 Å². The zero-order valence-electron chi connectivity index (χ0n) is 10.3. The predicted molar refractivity (Wildman–Crippen MR) is 67.5 cm³/mol. The van der Waals surface area contributed by atoms with Crippen molar-refractivity contribution >= 4 is 11.6 Å². The van der Waals surface area contributed by atoms with Crippen molar-refractivity contribution in [3.8, 4) is 5.88 Å². The Kier molecular flexibility index (Phi) is 4.18. The van der Waals surface area contributed by atoms with E-state index in [4.69, 9.17) is 16.3 Å². The average molecular weight is 256 g/mol. The number of methoxy groups -OCH3 is 1. The topological polar surface area (TPSA) is 38.3 Å². The normalized spacial score (nSPS) is 21.5. The molecule has 1 aliphatic rings. The van der Waals surface area contributed by atoms with E-state index < -0.39 is 0 Å². The summed E-state index contributed by atoms with van der Waals surface area (Å²) in [5.74, 6) is 1.06. The van der Waals surface area contributed by atoms with Crippen LogP contribution >= 0.6 is 11.6 Å². The molecule has 94 valence electrons. The second-order valence-electron chi connectivity index (χ2n) is 4.67. The van der Waals surface area contributed by atoms with Gasteiger partial charge < -0.3 is 9.64 Å². The van der Waals surface area contributed by atoms with E-state index >= 15 is 0 Å². The lowest BCUT2D eigenvalue weighted by Crippen LogP contribution is -2.33. The highest BCUT2D eigenvalue weighted by Gasteiger charge is 2.18. The van der Waals surface area contributed by atoms with Gasteiger partial charge in [-0.3, -0.25) is 0 Å². The average Bonchev–Trinajstić information content (AvgIpc) is 2.29. The van der Waals surface area contributed by atoms with Crippen molar-refractivity contribution in [2.75, 3.05) is 27.2 Å². The van der Waals surface area contributed by atoms with Gasteiger partial charge in [0.25, 0.3) is 5.88 Å². The minimum Gasteiger partial charge on any atom is -0.479 e. The third kappa shape index (κ3) is 3.30. The fourth-order valence-electron chi connectivity index (χ4n) is 2.37. The summed E-state index contributed by atoms with van der Waals surface area (Å²) >= 11 is 6.04. The Hall–Kier alpha value is -0.870. The molecule has 1 aliphatic heterocycles. The molecule has 0 bridgehead atoms. The van der Waals surface area contributed by atoms with Gasteiger partial charge in [0, 0.05) is 6.54 Å². The van der Waals surface area contributed by atoms with Crippen LogP contribution in [0.3, 0.4) is 0 Å². The van der Waals surface area contributed by atoms with E-state index in [1.54, 1.807) is 7.11 Å². The van der Waals surface area contributed by atoms with E-state index in [9.17, 15) is 0 Å². The Morgan fingerprint density at radius 1 is 1.53 bits per heavy atom. The number of likely N-dealkylation sites (tertiary alicyclic amines) is 1. The molecular formula is C12H18ClN3O. The highest BCUT2D eigenvalue weighted by Crippen LogP contribution is 2.24. The number of hydrogen-bond acceptors (Lipinski definition) is 4. The number of aromatic nitrogens is 2. The summed E-state index contributed by atoms with van der Waals surface area (Å²) in [6, 6.07) is 1.86. The van der Waals surface area contributed by atoms with Crippen molar-refractivity contribution in [2.24, 2.45) is 5.92 Å². The van der Waals surface area contributed by atoms with Gasteiger partial charge in [-0.15, -0.1) is 5.10 Å². The Labute approximate surface area is 107 Å². The molecular weight excluding hydrogens is 238 g/mol. The number of piperidine rings is 1. The summed E-state index contributed by atoms with van der Waals surface area (Å²) in [6.07, 6.45) is 3.47. The predicted octanol–water partition coefficient (Wildman–Crippen LogP) is 2.02. The van der Waals surface area contributed by atoms with Crippen LogP contribution in [-0.2, 0) is 6.42 Å². The van der Waals surface area contributed by atoms with Crippen molar-refractivity contribution < 1.29 is 4.74 Å². The number of ether oxygens (including phenoxy) is 1. The van der Waals surface area contributed by atoms with Crippen LogP contribution < -0.4 is 4.74 Å². The third-order valence-corrected chi connectivity index (χ3v) is 3.45. The number of halogens is 1. The molecule has 0 radical (unpaired) electrons. The zero-order chi connectivity index (χ0) is 12.3. The lowest BCUT2D eigenvalue weighted by atomic mass is 9.94. The first-order valence-electron chi connectivity index (χ1n) is 5.93. The first-order chi connectivity index (χ1) is 8.19. The summed E-state index contributed by atoms with van der Waals surface area (Å²) in [4.78, 5) is 2.37. The van der Waals surface area contributed by atoms with Gasteiger partial charge in [0.1, 0.15) is 5.02 Å². The van der Waals surface area contributed by atoms with Gasteiger partial charge in [0.2, 0.25) is 0 Å². The Morgan fingerprint density at radius 3 is 3.00 bits per heavy atom. The van der Waals surface area contributed by atoms with Crippen LogP contribution in [0.15, 0.2) is 6.07 Å². The van der Waals surface area contributed by atoms with Crippen LogP contribution in [0.2, 0.25) is 5.02 Å². The van der Waals surface area contributed by atoms with Crippen molar-refractivity contribution in [1.82, 2.24) is 15.1 Å². The van der Waals surface area contributed by atoms with Crippen LogP contribution in [0.25, 0.3) is 0 Å². The van der Waals surface area contributed by atoms with Crippen LogP contribution in [0.5, 0.6) is 5.88 Å². The summed E-state index contributed by atoms with van der Waals surface area (Å²) in [6.45, 7) is 2.33. The highest BCUT2D eigenvalue weighted by molar-refractivity contribution is 6.31. The van der Waals surface area contributed by atoms with E-state index in [0.29, 0.717) is 16.8 Å². The first kappa shape index (κ1) is 12.6. The first-order valence-corrected chi connectivity index (χ1v) is 6.31. The van der Waals surface area contributed by atoms with Gasteiger partial charge in [-0.05, 0) is 44.8 Å². The van der Waals surface area contributed by atoms with Gasteiger partial charge in [0.05, 0.1) is 12.8 Å². The largest absolute Gasteiger partial charge is 0.479 e. The standard InChI is InChI=1S/C12H18ClN3O/c1-16-5-3-4-9(8-16)6-10-7-11(13)12(17-2)15-14-10/h7,9H,3-6,8H2,1-2H3. The second-order valence-corrected chi connectivity index (χ2v) is 5.07. The maximum Gasteiger partial charge on any atom is 0.252 e. The molecule has 1 unspecified atom stereocenters. The highest BCUT2D eigenvalue weighted by atomic mass is 35.5. The Balaban J connectivity index is 2.00. The second kappa shape index (κ2) is 5.65. The summed E-state index contributed by atoms with van der Waals surface area (Å²) < 4.78 is 4.99. The Morgan fingerprint density at radius 2 is 2.35 bits per heavy atom. The molecule has 0 N–H and O–H groups in total. The number of nitrogens with zero attached hydrogens (tertiary/aromatic N) is 3. The van der Waals surface area contributed by atoms with E-state index in [2.05, 4.69) is 22.1 Å². The lowest BCUT2D eigenvalue weighted by Gasteiger charge is -2.29. The molecule has 1 aromatic heterocycles. The summed E-state index contributed by atoms with van der Waals surface area (Å²) in [7, 11) is 3.71. The smallest absolute Gasteiger partial charge is 0.252 e. The molecule has 0 aromatic carbocycles. The van der Waals surface area contributed by atoms with Crippen LogP contribution in [-0.4, -0.2) is 42.3 Å². The van der Waals surface area contributed by atoms with Crippen molar-refractivity contribution in [3.63, 3.8) is 0 Å². The molecule has 2 heterocycles. The monoisotopic (exact) mass is 255 g/mol. The molecule has 1 fully saturated rings. The maximum atomic E-state index is 6.04. The van der Waals surface area contributed by atoms with Crippen LogP contribution in [0.4, 0.5) is 0 Å². The molecule has 5 heteroatoms. The SMILES string of the molecule is COc1nnc(CC2CCCN(C)C2)cc1Cl. The quantitative estimate of drug-likeness (QED) is 0.828. The molecule has 1 saturated heterocycles. The number of rotatable bonds is 3. The maximum absolute atomic E-state index is 6.04. The van der Waals surface area contributed by atoms with E-state index in [1.165, 1.54) is 19.4 Å². The minimum atomic E-state index is 0.399. The van der Waals surface area contributed by atoms with Crippen LogP contribution in [0.1, 0.15) is 18.5 Å². The molecule has 1 atom stereocenters. The molecule has 17 heavy (non-hydrogen) atoms. The van der Waals surface area contributed by atoms with E-state index in [0.717, 1.165) is 18.7 Å². The Bertz CT molecular complexity index is 386. The molecule has 0 saturated carbocycles. The van der Waals surface area contributed by atoms with Gasteiger partial charge in [-0.1, -0.05) is 11.6 Å². The fourth-order valence-corrected chi connectivity index (χ4v) is 2.61.